The number of benzene rings is 2. The zero-order chi connectivity index (χ0) is 20.1. The van der Waals surface area contributed by atoms with E-state index in [4.69, 9.17) is 4.74 Å². The van der Waals surface area contributed by atoms with Crippen LogP contribution in [0.2, 0.25) is 0 Å². The normalized spacial score (nSPS) is 10.9. The van der Waals surface area contributed by atoms with E-state index in [1.54, 1.807) is 10.8 Å². The molecule has 0 saturated heterocycles. The second-order valence-corrected chi connectivity index (χ2v) is 6.88. The largest absolute Gasteiger partial charge is 0.489 e. The number of aromatic nitrogens is 2. The highest BCUT2D eigenvalue weighted by molar-refractivity contribution is 5.81. The first-order valence-corrected chi connectivity index (χ1v) is 9.67. The van der Waals surface area contributed by atoms with Crippen LogP contribution in [0.25, 0.3) is 16.6 Å². The lowest BCUT2D eigenvalue weighted by molar-refractivity contribution is 0.305. The van der Waals surface area contributed by atoms with Crippen molar-refractivity contribution in [1.82, 2.24) is 14.9 Å². The average molecular weight is 385 g/mol. The fourth-order valence-electron chi connectivity index (χ4n) is 3.20. The number of nitrogens with zero attached hydrogens (tertiary/aromatic N) is 2. The third-order valence-corrected chi connectivity index (χ3v) is 4.78. The SMILES string of the molecule is CNCCc1ccc2cc(-n3ccc(OCc4ccccc4)cc3=O)ccc2n1. The van der Waals surface area contributed by atoms with Crippen LogP contribution in [0.5, 0.6) is 5.75 Å². The summed E-state index contributed by atoms with van der Waals surface area (Å²) in [6.07, 6.45) is 2.64. The quantitative estimate of drug-likeness (QED) is 0.527. The Kier molecular flexibility index (Phi) is 5.68. The minimum atomic E-state index is -0.131. The van der Waals surface area contributed by atoms with Gasteiger partial charge in [0.15, 0.2) is 0 Å². The molecule has 0 unspecified atom stereocenters. The fourth-order valence-corrected chi connectivity index (χ4v) is 3.20. The van der Waals surface area contributed by atoms with Crippen LogP contribution in [-0.4, -0.2) is 23.1 Å². The molecule has 2 heterocycles. The van der Waals surface area contributed by atoms with Gasteiger partial charge in [-0.15, -0.1) is 0 Å². The molecule has 0 aliphatic rings. The molecule has 0 saturated carbocycles. The number of ether oxygens (including phenoxy) is 1. The smallest absolute Gasteiger partial charge is 0.258 e. The molecule has 2 aromatic carbocycles. The number of hydrogen-bond donors (Lipinski definition) is 1. The Morgan fingerprint density at radius 2 is 1.86 bits per heavy atom. The monoisotopic (exact) mass is 385 g/mol. The van der Waals surface area contributed by atoms with Gasteiger partial charge in [-0.3, -0.25) is 14.3 Å². The molecule has 0 spiro atoms. The summed E-state index contributed by atoms with van der Waals surface area (Å²) < 4.78 is 7.37. The Balaban J connectivity index is 1.54. The zero-order valence-electron chi connectivity index (χ0n) is 16.3. The highest BCUT2D eigenvalue weighted by Gasteiger charge is 2.05. The molecule has 0 bridgehead atoms. The molecule has 0 aliphatic heterocycles. The number of pyridine rings is 2. The standard InChI is InChI=1S/C24H23N3O2/c1-25-13-11-20-8-7-19-15-21(9-10-23(19)26-20)27-14-12-22(16-24(27)28)29-17-18-5-3-2-4-6-18/h2-10,12,14-16,25H,11,13,17H2,1H3. The van der Waals surface area contributed by atoms with Crippen molar-refractivity contribution in [2.75, 3.05) is 13.6 Å². The maximum atomic E-state index is 12.6. The Morgan fingerprint density at radius 1 is 1.00 bits per heavy atom. The van der Waals surface area contributed by atoms with E-state index < -0.39 is 0 Å². The summed E-state index contributed by atoms with van der Waals surface area (Å²) in [6.45, 7) is 1.33. The van der Waals surface area contributed by atoms with Gasteiger partial charge in [-0.1, -0.05) is 36.4 Å². The molecule has 0 aliphatic carbocycles. The van der Waals surface area contributed by atoms with Crippen LogP contribution in [0.3, 0.4) is 0 Å². The third kappa shape index (κ3) is 4.52. The molecule has 0 fully saturated rings. The van der Waals surface area contributed by atoms with E-state index in [0.717, 1.165) is 40.8 Å². The summed E-state index contributed by atoms with van der Waals surface area (Å²) in [5.74, 6) is 0.562. The number of fused-ring (bicyclic) bond motifs is 1. The van der Waals surface area contributed by atoms with Crippen molar-refractivity contribution >= 4 is 10.9 Å². The number of likely N-dealkylation sites (N-methyl/N-ethyl adjacent to an activating group) is 1. The average Bonchev–Trinajstić information content (AvgIpc) is 2.76. The van der Waals surface area contributed by atoms with Gasteiger partial charge < -0.3 is 10.1 Å². The zero-order valence-corrected chi connectivity index (χ0v) is 16.3. The minimum absolute atomic E-state index is 0.131. The Labute approximate surface area is 169 Å². The van der Waals surface area contributed by atoms with Crippen molar-refractivity contribution in [1.29, 1.82) is 0 Å². The second-order valence-electron chi connectivity index (χ2n) is 6.88. The topological polar surface area (TPSA) is 56.2 Å². The van der Waals surface area contributed by atoms with Crippen molar-refractivity contribution in [3.05, 3.63) is 101 Å². The molecule has 5 heteroatoms. The predicted molar refractivity (Wildman–Crippen MR) is 116 cm³/mol. The van der Waals surface area contributed by atoms with E-state index in [-0.39, 0.29) is 5.56 Å². The molecule has 4 aromatic rings. The third-order valence-electron chi connectivity index (χ3n) is 4.78. The van der Waals surface area contributed by atoms with Gasteiger partial charge in [-0.05, 0) is 42.9 Å². The fraction of sp³-hybridized carbons (Fsp3) is 0.167. The van der Waals surface area contributed by atoms with Gasteiger partial charge in [0.05, 0.1) is 5.52 Å². The summed E-state index contributed by atoms with van der Waals surface area (Å²) in [5.41, 5.74) is 3.72. The first-order chi connectivity index (χ1) is 14.2. The van der Waals surface area contributed by atoms with Crippen molar-refractivity contribution in [2.45, 2.75) is 13.0 Å². The van der Waals surface area contributed by atoms with Gasteiger partial charge in [0.1, 0.15) is 12.4 Å². The van der Waals surface area contributed by atoms with E-state index in [9.17, 15) is 4.79 Å². The Morgan fingerprint density at radius 3 is 2.66 bits per heavy atom. The Bertz CT molecular complexity index is 1170. The highest BCUT2D eigenvalue weighted by atomic mass is 16.5. The van der Waals surface area contributed by atoms with Gasteiger partial charge in [0, 0.05) is 42.0 Å². The van der Waals surface area contributed by atoms with Gasteiger partial charge in [-0.25, -0.2) is 0 Å². The lowest BCUT2D eigenvalue weighted by Crippen LogP contribution is -2.16. The van der Waals surface area contributed by atoms with Crippen molar-refractivity contribution in [2.24, 2.45) is 0 Å². The van der Waals surface area contributed by atoms with Crippen LogP contribution < -0.4 is 15.6 Å². The number of nitrogens with one attached hydrogen (secondary N) is 1. The van der Waals surface area contributed by atoms with Gasteiger partial charge >= 0.3 is 0 Å². The highest BCUT2D eigenvalue weighted by Crippen LogP contribution is 2.18. The summed E-state index contributed by atoms with van der Waals surface area (Å²) in [4.78, 5) is 17.3. The van der Waals surface area contributed by atoms with Crippen molar-refractivity contribution < 1.29 is 4.74 Å². The van der Waals surface area contributed by atoms with Gasteiger partial charge in [-0.2, -0.15) is 0 Å². The van der Waals surface area contributed by atoms with Crippen LogP contribution in [-0.2, 0) is 13.0 Å². The molecule has 146 valence electrons. The summed E-state index contributed by atoms with van der Waals surface area (Å²) in [6, 6.07) is 23.2. The molecule has 29 heavy (non-hydrogen) atoms. The molecular formula is C24H23N3O2. The van der Waals surface area contributed by atoms with Crippen molar-refractivity contribution in [3.8, 4) is 11.4 Å². The predicted octanol–water partition coefficient (Wildman–Crippen LogP) is 3.73. The lowest BCUT2D eigenvalue weighted by Gasteiger charge is -2.10. The van der Waals surface area contributed by atoms with Crippen molar-refractivity contribution in [3.63, 3.8) is 0 Å². The molecule has 4 rings (SSSR count). The molecule has 1 N–H and O–H groups in total. The van der Waals surface area contributed by atoms with Gasteiger partial charge in [0.2, 0.25) is 0 Å². The van der Waals surface area contributed by atoms with Crippen LogP contribution in [0, 0.1) is 0 Å². The molecule has 5 nitrogen and oxygen atoms in total. The maximum absolute atomic E-state index is 12.6. The molecule has 2 aromatic heterocycles. The van der Waals surface area contributed by atoms with E-state index in [2.05, 4.69) is 16.4 Å². The number of hydrogen-bond acceptors (Lipinski definition) is 4. The van der Waals surface area contributed by atoms with Crippen LogP contribution in [0.15, 0.2) is 83.8 Å². The molecule has 0 amide bonds. The van der Waals surface area contributed by atoms with E-state index in [0.29, 0.717) is 12.4 Å². The Hall–Kier alpha value is -3.44. The molecule has 0 atom stereocenters. The van der Waals surface area contributed by atoms with Crippen LogP contribution in [0.1, 0.15) is 11.3 Å². The van der Waals surface area contributed by atoms with E-state index >= 15 is 0 Å². The van der Waals surface area contributed by atoms with Gasteiger partial charge in [0.25, 0.3) is 5.56 Å². The van der Waals surface area contributed by atoms with Crippen LogP contribution in [0.4, 0.5) is 0 Å². The first-order valence-electron chi connectivity index (χ1n) is 9.67. The molecular weight excluding hydrogens is 362 g/mol. The molecule has 0 radical (unpaired) electrons. The van der Waals surface area contributed by atoms with E-state index in [1.807, 2.05) is 67.7 Å². The first kappa shape index (κ1) is 18.9. The minimum Gasteiger partial charge on any atom is -0.489 e. The summed E-state index contributed by atoms with van der Waals surface area (Å²) in [7, 11) is 1.93. The lowest BCUT2D eigenvalue weighted by atomic mass is 10.1. The number of rotatable bonds is 7. The van der Waals surface area contributed by atoms with Crippen LogP contribution >= 0.6 is 0 Å². The second kappa shape index (κ2) is 8.71. The summed E-state index contributed by atoms with van der Waals surface area (Å²) in [5, 5.41) is 4.14. The van der Waals surface area contributed by atoms with E-state index in [1.165, 1.54) is 6.07 Å². The maximum Gasteiger partial charge on any atom is 0.258 e. The summed E-state index contributed by atoms with van der Waals surface area (Å²) >= 11 is 0.